The highest BCUT2D eigenvalue weighted by Gasteiger charge is 2.17. The van der Waals surface area contributed by atoms with Gasteiger partial charge < -0.3 is 11.1 Å². The zero-order valence-electron chi connectivity index (χ0n) is 12.0. The maximum absolute atomic E-state index is 11.8. The van der Waals surface area contributed by atoms with Crippen molar-refractivity contribution in [2.24, 2.45) is 11.7 Å². The monoisotopic (exact) mass is 306 g/mol. The van der Waals surface area contributed by atoms with E-state index in [4.69, 9.17) is 5.73 Å². The number of amides is 1. The van der Waals surface area contributed by atoms with Crippen molar-refractivity contribution in [3.8, 4) is 11.4 Å². The van der Waals surface area contributed by atoms with E-state index in [1.165, 1.54) is 0 Å². The molecule has 0 saturated carbocycles. The van der Waals surface area contributed by atoms with Crippen LogP contribution in [0.5, 0.6) is 0 Å². The van der Waals surface area contributed by atoms with Crippen molar-refractivity contribution in [1.29, 1.82) is 0 Å². The van der Waals surface area contributed by atoms with Gasteiger partial charge in [0.15, 0.2) is 5.82 Å². The van der Waals surface area contributed by atoms with Gasteiger partial charge in [-0.05, 0) is 5.92 Å². The first-order chi connectivity index (χ1) is 9.58. The number of nitrogens with one attached hydrogen (secondary N) is 1. The number of hydrogen-bond donors (Lipinski definition) is 2. The van der Waals surface area contributed by atoms with Crippen molar-refractivity contribution in [1.82, 2.24) is 9.97 Å². The van der Waals surface area contributed by atoms with Crippen LogP contribution in [0.1, 0.15) is 13.8 Å². The quantitative estimate of drug-likeness (QED) is 0.909. The van der Waals surface area contributed by atoms with Gasteiger partial charge in [-0.25, -0.2) is 9.97 Å². The molecule has 0 radical (unpaired) electrons. The van der Waals surface area contributed by atoms with Gasteiger partial charge in [0.05, 0.1) is 24.1 Å². The van der Waals surface area contributed by atoms with Crippen LogP contribution in [0.3, 0.4) is 0 Å². The first-order valence-electron chi connectivity index (χ1n) is 6.52. The van der Waals surface area contributed by atoms with Gasteiger partial charge in [-0.15, -0.1) is 12.4 Å². The molecule has 2 aromatic rings. The molecule has 0 fully saturated rings. The number of aromatic nitrogens is 2. The fourth-order valence-corrected chi connectivity index (χ4v) is 1.66. The van der Waals surface area contributed by atoms with Crippen LogP contribution in [0, 0.1) is 5.92 Å². The summed E-state index contributed by atoms with van der Waals surface area (Å²) in [6, 6.07) is 9.12. The van der Waals surface area contributed by atoms with Crippen LogP contribution in [0.2, 0.25) is 0 Å². The summed E-state index contributed by atoms with van der Waals surface area (Å²) in [7, 11) is 0. The molecule has 0 saturated heterocycles. The molecule has 21 heavy (non-hydrogen) atoms. The van der Waals surface area contributed by atoms with Crippen LogP contribution in [-0.4, -0.2) is 21.9 Å². The number of halogens is 1. The van der Waals surface area contributed by atoms with E-state index >= 15 is 0 Å². The summed E-state index contributed by atoms with van der Waals surface area (Å²) in [5, 5.41) is 2.71. The van der Waals surface area contributed by atoms with Crippen LogP contribution >= 0.6 is 12.4 Å². The maximum atomic E-state index is 11.8. The normalized spacial score (nSPS) is 11.6. The Bertz CT molecular complexity index is 572. The number of hydrogen-bond acceptors (Lipinski definition) is 4. The molecule has 0 aliphatic rings. The average molecular weight is 307 g/mol. The summed E-state index contributed by atoms with van der Waals surface area (Å²) in [5.74, 6) is 0.479. The number of benzene rings is 1. The molecule has 6 heteroatoms. The van der Waals surface area contributed by atoms with E-state index in [0.717, 1.165) is 5.56 Å². The Balaban J connectivity index is 0.00000220. The van der Waals surface area contributed by atoms with E-state index in [0.29, 0.717) is 11.5 Å². The number of carbonyl (C=O) groups excluding carboxylic acids is 1. The summed E-state index contributed by atoms with van der Waals surface area (Å²) in [5.41, 5.74) is 7.26. The van der Waals surface area contributed by atoms with Crippen molar-refractivity contribution in [3.05, 3.63) is 42.7 Å². The van der Waals surface area contributed by atoms with Crippen LogP contribution in [0.25, 0.3) is 11.4 Å². The van der Waals surface area contributed by atoms with Crippen LogP contribution < -0.4 is 11.1 Å². The smallest absolute Gasteiger partial charge is 0.241 e. The van der Waals surface area contributed by atoms with E-state index in [2.05, 4.69) is 15.3 Å². The summed E-state index contributed by atoms with van der Waals surface area (Å²) in [6.07, 6.45) is 3.17. The highest BCUT2D eigenvalue weighted by atomic mass is 35.5. The van der Waals surface area contributed by atoms with E-state index in [-0.39, 0.29) is 24.2 Å². The van der Waals surface area contributed by atoms with E-state index in [1.807, 2.05) is 44.2 Å². The fraction of sp³-hybridized carbons (Fsp3) is 0.267. The van der Waals surface area contributed by atoms with Gasteiger partial charge >= 0.3 is 0 Å². The number of anilines is 1. The van der Waals surface area contributed by atoms with Crippen molar-refractivity contribution in [3.63, 3.8) is 0 Å². The third-order valence-corrected chi connectivity index (χ3v) is 2.97. The highest BCUT2D eigenvalue weighted by molar-refractivity contribution is 5.94. The second kappa shape index (κ2) is 7.71. The minimum absolute atomic E-state index is 0. The molecule has 0 aliphatic heterocycles. The Morgan fingerprint density at radius 3 is 2.24 bits per heavy atom. The average Bonchev–Trinajstić information content (AvgIpc) is 2.48. The van der Waals surface area contributed by atoms with Gasteiger partial charge in [0.25, 0.3) is 0 Å². The Morgan fingerprint density at radius 2 is 1.71 bits per heavy atom. The molecule has 1 aromatic carbocycles. The predicted molar refractivity (Wildman–Crippen MR) is 86.2 cm³/mol. The van der Waals surface area contributed by atoms with Crippen LogP contribution in [0.15, 0.2) is 42.7 Å². The standard InChI is InChI=1S/C15H18N4O.ClH/c1-10(2)13(16)15(20)19-12-8-17-14(18-9-12)11-6-4-3-5-7-11;/h3-10,13H,16H2,1-2H3,(H,19,20);1H. The Hall–Kier alpha value is -1.98. The lowest BCUT2D eigenvalue weighted by Crippen LogP contribution is -2.39. The molecule has 1 unspecified atom stereocenters. The first-order valence-corrected chi connectivity index (χ1v) is 6.52. The summed E-state index contributed by atoms with van der Waals surface area (Å²) in [6.45, 7) is 3.80. The van der Waals surface area contributed by atoms with Gasteiger partial charge in [-0.3, -0.25) is 4.79 Å². The second-order valence-electron chi connectivity index (χ2n) is 4.92. The molecule has 2 rings (SSSR count). The zero-order chi connectivity index (χ0) is 14.5. The molecule has 1 aromatic heterocycles. The van der Waals surface area contributed by atoms with E-state index in [9.17, 15) is 4.79 Å². The summed E-state index contributed by atoms with van der Waals surface area (Å²) >= 11 is 0. The zero-order valence-corrected chi connectivity index (χ0v) is 12.8. The van der Waals surface area contributed by atoms with Crippen molar-refractivity contribution >= 4 is 24.0 Å². The molecule has 3 N–H and O–H groups in total. The Labute approximate surface area is 130 Å². The fourth-order valence-electron chi connectivity index (χ4n) is 1.66. The van der Waals surface area contributed by atoms with Crippen LogP contribution in [0.4, 0.5) is 5.69 Å². The molecule has 0 aliphatic carbocycles. The van der Waals surface area contributed by atoms with Crippen molar-refractivity contribution in [2.75, 3.05) is 5.32 Å². The van der Waals surface area contributed by atoms with E-state index in [1.54, 1.807) is 12.4 Å². The molecule has 112 valence electrons. The van der Waals surface area contributed by atoms with E-state index < -0.39 is 6.04 Å². The third-order valence-electron chi connectivity index (χ3n) is 2.97. The minimum Gasteiger partial charge on any atom is -0.322 e. The Kier molecular flexibility index (Phi) is 6.27. The van der Waals surface area contributed by atoms with Gasteiger partial charge in [0.2, 0.25) is 5.91 Å². The second-order valence-corrected chi connectivity index (χ2v) is 4.92. The summed E-state index contributed by atoms with van der Waals surface area (Å²) in [4.78, 5) is 20.3. The van der Waals surface area contributed by atoms with Gasteiger partial charge in [0.1, 0.15) is 0 Å². The van der Waals surface area contributed by atoms with Crippen LogP contribution in [-0.2, 0) is 4.79 Å². The summed E-state index contributed by atoms with van der Waals surface area (Å²) < 4.78 is 0. The molecular weight excluding hydrogens is 288 g/mol. The lowest BCUT2D eigenvalue weighted by Gasteiger charge is -2.15. The largest absolute Gasteiger partial charge is 0.322 e. The molecule has 1 atom stereocenters. The number of nitrogens with two attached hydrogens (primary N) is 1. The third kappa shape index (κ3) is 4.51. The highest BCUT2D eigenvalue weighted by Crippen LogP contribution is 2.15. The lowest BCUT2D eigenvalue weighted by molar-refractivity contribution is -0.118. The number of nitrogens with zero attached hydrogens (tertiary/aromatic N) is 2. The molecular formula is C15H19ClN4O. The predicted octanol–water partition coefficient (Wildman–Crippen LogP) is 2.49. The maximum Gasteiger partial charge on any atom is 0.241 e. The molecule has 0 spiro atoms. The van der Waals surface area contributed by atoms with Gasteiger partial charge in [-0.1, -0.05) is 44.2 Å². The topological polar surface area (TPSA) is 80.9 Å². The molecule has 1 heterocycles. The number of carbonyl (C=O) groups is 1. The van der Waals surface area contributed by atoms with Gasteiger partial charge in [-0.2, -0.15) is 0 Å². The molecule has 0 bridgehead atoms. The first kappa shape index (κ1) is 17.1. The van der Waals surface area contributed by atoms with Gasteiger partial charge in [0, 0.05) is 5.56 Å². The van der Waals surface area contributed by atoms with Crippen molar-refractivity contribution in [2.45, 2.75) is 19.9 Å². The Morgan fingerprint density at radius 1 is 1.14 bits per heavy atom. The minimum atomic E-state index is -0.538. The van der Waals surface area contributed by atoms with Crippen molar-refractivity contribution < 1.29 is 4.79 Å². The molecule has 5 nitrogen and oxygen atoms in total. The molecule has 1 amide bonds. The SMILES string of the molecule is CC(C)C(N)C(=O)Nc1cnc(-c2ccccc2)nc1.Cl. The number of rotatable bonds is 4. The lowest BCUT2D eigenvalue weighted by atomic mass is 10.1.